The molecule has 0 saturated carbocycles. The molecule has 9 heteroatoms. The Morgan fingerprint density at radius 3 is 2.86 bits per heavy atom. The molecule has 0 aliphatic carbocycles. The van der Waals surface area contributed by atoms with Crippen molar-refractivity contribution >= 4 is 31.0 Å². The Labute approximate surface area is 209 Å². The number of nitrogens with zero attached hydrogens (tertiary/aromatic N) is 5. The van der Waals surface area contributed by atoms with Crippen LogP contribution in [0.25, 0.3) is 22.4 Å². The lowest BCUT2D eigenvalue weighted by atomic mass is 10.1. The average Bonchev–Trinajstić information content (AvgIpc) is 3.43. The molecular weight excluding hydrogens is 456 g/mol. The van der Waals surface area contributed by atoms with Crippen molar-refractivity contribution in [1.82, 2.24) is 24.4 Å². The second-order valence-electron chi connectivity index (χ2n) is 11.1. The van der Waals surface area contributed by atoms with Crippen LogP contribution in [0.4, 0.5) is 5.82 Å². The van der Waals surface area contributed by atoms with Crippen LogP contribution in [0.15, 0.2) is 36.8 Å². The average molecular weight is 495 g/mol. The molecule has 1 N–H and O–H groups in total. The Hall–Kier alpha value is -2.78. The number of anilines is 1. The van der Waals surface area contributed by atoms with E-state index in [1.165, 1.54) is 0 Å². The minimum atomic E-state index is -1.11. The van der Waals surface area contributed by atoms with Gasteiger partial charge in [-0.3, -0.25) is 4.79 Å². The fourth-order valence-corrected chi connectivity index (χ4v) is 5.00. The highest BCUT2D eigenvalue weighted by molar-refractivity contribution is 6.76. The van der Waals surface area contributed by atoms with Gasteiger partial charge in [-0.2, -0.15) is 0 Å². The zero-order valence-corrected chi connectivity index (χ0v) is 22.6. The van der Waals surface area contributed by atoms with E-state index in [2.05, 4.69) is 43.8 Å². The quantitative estimate of drug-likeness (QED) is 0.320. The smallest absolute Gasteiger partial charge is 0.222 e. The SMILES string of the molecule is CC(C)CC(=O)N1CC[C@@H](Nc2ncccc2-c2cnc3c(ccn3COCC[Si](C)(C)C)n2)C1. The number of amides is 1. The maximum Gasteiger partial charge on any atom is 0.222 e. The molecule has 0 bridgehead atoms. The minimum absolute atomic E-state index is 0.172. The summed E-state index contributed by atoms with van der Waals surface area (Å²) >= 11 is 0. The van der Waals surface area contributed by atoms with Crippen LogP contribution in [0.2, 0.25) is 25.7 Å². The molecule has 4 heterocycles. The number of hydrogen-bond acceptors (Lipinski definition) is 6. The van der Waals surface area contributed by atoms with E-state index in [1.54, 1.807) is 12.4 Å². The molecule has 1 saturated heterocycles. The second-order valence-corrected chi connectivity index (χ2v) is 16.7. The molecule has 0 radical (unpaired) electrons. The molecule has 1 amide bonds. The Balaban J connectivity index is 1.44. The third kappa shape index (κ3) is 6.67. The molecule has 1 aliphatic heterocycles. The zero-order chi connectivity index (χ0) is 25.0. The van der Waals surface area contributed by atoms with Gasteiger partial charge in [-0.1, -0.05) is 33.5 Å². The maximum absolute atomic E-state index is 12.5. The van der Waals surface area contributed by atoms with Crippen LogP contribution in [0.3, 0.4) is 0 Å². The fraction of sp³-hybridized carbons (Fsp3) is 0.538. The van der Waals surface area contributed by atoms with Gasteiger partial charge in [0.2, 0.25) is 5.91 Å². The molecule has 1 fully saturated rings. The molecule has 35 heavy (non-hydrogen) atoms. The Morgan fingerprint density at radius 2 is 2.09 bits per heavy atom. The Bertz CT molecular complexity index is 1160. The van der Waals surface area contributed by atoms with Crippen LogP contribution in [0.5, 0.6) is 0 Å². The van der Waals surface area contributed by atoms with E-state index in [9.17, 15) is 4.79 Å². The standard InChI is InChI=1S/C26H38N6O2Si/c1-19(2)15-24(33)31-11-8-20(17-31)29-25-21(7-6-10-27-25)23-16-28-26-22(30-23)9-12-32(26)18-34-13-14-35(3,4)5/h6-7,9-10,12,16,19-20H,8,11,13-15,17-18H2,1-5H3,(H,27,29)/t20-/m1/s1. The number of pyridine rings is 1. The lowest BCUT2D eigenvalue weighted by Gasteiger charge is -2.19. The maximum atomic E-state index is 12.5. The van der Waals surface area contributed by atoms with E-state index in [-0.39, 0.29) is 11.9 Å². The summed E-state index contributed by atoms with van der Waals surface area (Å²) in [7, 11) is -1.11. The molecule has 0 unspecified atom stereocenters. The Morgan fingerprint density at radius 1 is 1.26 bits per heavy atom. The highest BCUT2D eigenvalue weighted by Crippen LogP contribution is 2.27. The molecule has 4 rings (SSSR count). The summed E-state index contributed by atoms with van der Waals surface area (Å²) in [5.74, 6) is 1.38. The summed E-state index contributed by atoms with van der Waals surface area (Å²) in [6.45, 7) is 14.0. The van der Waals surface area contributed by atoms with Crippen LogP contribution in [-0.4, -0.2) is 64.1 Å². The van der Waals surface area contributed by atoms with Crippen molar-refractivity contribution in [2.24, 2.45) is 5.92 Å². The van der Waals surface area contributed by atoms with E-state index in [0.29, 0.717) is 25.6 Å². The number of likely N-dealkylation sites (tertiary alicyclic amines) is 1. The highest BCUT2D eigenvalue weighted by atomic mass is 28.3. The van der Waals surface area contributed by atoms with Crippen molar-refractivity contribution in [2.75, 3.05) is 25.0 Å². The third-order valence-electron chi connectivity index (χ3n) is 6.24. The van der Waals surface area contributed by atoms with Gasteiger partial charge in [0.15, 0.2) is 5.65 Å². The summed E-state index contributed by atoms with van der Waals surface area (Å²) in [4.78, 5) is 28.6. The number of nitrogens with one attached hydrogen (secondary N) is 1. The van der Waals surface area contributed by atoms with Gasteiger partial charge in [0.05, 0.1) is 11.9 Å². The number of rotatable bonds is 10. The van der Waals surface area contributed by atoms with E-state index in [4.69, 9.17) is 14.7 Å². The van der Waals surface area contributed by atoms with E-state index in [0.717, 1.165) is 53.9 Å². The molecule has 8 nitrogen and oxygen atoms in total. The van der Waals surface area contributed by atoms with Gasteiger partial charge in [-0.15, -0.1) is 0 Å². The van der Waals surface area contributed by atoms with Gasteiger partial charge in [0.25, 0.3) is 0 Å². The first-order valence-electron chi connectivity index (χ1n) is 12.6. The molecular formula is C26H38N6O2Si. The molecule has 3 aromatic rings. The van der Waals surface area contributed by atoms with Crippen LogP contribution in [0, 0.1) is 5.92 Å². The number of aromatic nitrogens is 4. The number of carbonyl (C=O) groups excluding carboxylic acids is 1. The van der Waals surface area contributed by atoms with Crippen molar-refractivity contribution in [3.05, 3.63) is 36.8 Å². The van der Waals surface area contributed by atoms with Crippen molar-refractivity contribution < 1.29 is 9.53 Å². The summed E-state index contributed by atoms with van der Waals surface area (Å²) in [5.41, 5.74) is 3.33. The first kappa shape index (κ1) is 25.3. The zero-order valence-electron chi connectivity index (χ0n) is 21.6. The molecule has 0 spiro atoms. The monoisotopic (exact) mass is 494 g/mol. The number of fused-ring (bicyclic) bond motifs is 1. The molecule has 1 aliphatic rings. The third-order valence-corrected chi connectivity index (χ3v) is 7.94. The van der Waals surface area contributed by atoms with Crippen molar-refractivity contribution in [2.45, 2.75) is 65.1 Å². The summed E-state index contributed by atoms with van der Waals surface area (Å²) in [6, 6.07) is 7.22. The van der Waals surface area contributed by atoms with Gasteiger partial charge in [-0.25, -0.2) is 15.0 Å². The van der Waals surface area contributed by atoms with Crippen molar-refractivity contribution in [3.63, 3.8) is 0 Å². The lowest BCUT2D eigenvalue weighted by molar-refractivity contribution is -0.130. The summed E-state index contributed by atoms with van der Waals surface area (Å²) in [5, 5.41) is 3.55. The largest absolute Gasteiger partial charge is 0.365 e. The van der Waals surface area contributed by atoms with Crippen LogP contribution >= 0.6 is 0 Å². The van der Waals surface area contributed by atoms with Gasteiger partial charge in [0.1, 0.15) is 18.1 Å². The van der Waals surface area contributed by atoms with Crippen LogP contribution in [-0.2, 0) is 16.3 Å². The number of hydrogen-bond donors (Lipinski definition) is 1. The summed E-state index contributed by atoms with van der Waals surface area (Å²) < 4.78 is 7.90. The van der Waals surface area contributed by atoms with Gasteiger partial charge < -0.3 is 19.5 Å². The molecule has 1 atom stereocenters. The van der Waals surface area contributed by atoms with Crippen molar-refractivity contribution in [1.29, 1.82) is 0 Å². The predicted molar refractivity (Wildman–Crippen MR) is 143 cm³/mol. The number of carbonyl (C=O) groups is 1. The van der Waals surface area contributed by atoms with Crippen molar-refractivity contribution in [3.8, 4) is 11.3 Å². The predicted octanol–water partition coefficient (Wildman–Crippen LogP) is 4.86. The van der Waals surface area contributed by atoms with Crippen LogP contribution in [0.1, 0.15) is 26.7 Å². The van der Waals surface area contributed by atoms with E-state index >= 15 is 0 Å². The molecule has 0 aromatic carbocycles. The Kier molecular flexibility index (Phi) is 7.86. The normalized spacial score (nSPS) is 16.4. The fourth-order valence-electron chi connectivity index (χ4n) is 4.24. The molecule has 3 aromatic heterocycles. The van der Waals surface area contributed by atoms with Gasteiger partial charge in [0, 0.05) is 58.2 Å². The lowest BCUT2D eigenvalue weighted by Crippen LogP contribution is -2.32. The molecule has 188 valence electrons. The summed E-state index contributed by atoms with van der Waals surface area (Å²) in [6.07, 6.45) is 7.07. The number of ether oxygens (including phenoxy) is 1. The first-order valence-corrected chi connectivity index (χ1v) is 16.3. The van der Waals surface area contributed by atoms with Gasteiger partial charge in [-0.05, 0) is 36.6 Å². The topological polar surface area (TPSA) is 85.2 Å². The minimum Gasteiger partial charge on any atom is -0.365 e. The van der Waals surface area contributed by atoms with Gasteiger partial charge >= 0.3 is 0 Å². The highest BCUT2D eigenvalue weighted by Gasteiger charge is 2.27. The first-order chi connectivity index (χ1) is 16.7. The van der Waals surface area contributed by atoms with Crippen LogP contribution < -0.4 is 5.32 Å². The van der Waals surface area contributed by atoms with E-state index in [1.807, 2.05) is 33.9 Å². The second kappa shape index (κ2) is 10.9. The van der Waals surface area contributed by atoms with E-state index < -0.39 is 8.07 Å².